The minimum atomic E-state index is -0.447. The Hall–Kier alpha value is -2.41. The number of rotatable bonds is 7. The van der Waals surface area contributed by atoms with Crippen LogP contribution in [-0.2, 0) is 4.79 Å². The lowest BCUT2D eigenvalue weighted by atomic mass is 10.1. The third-order valence-electron chi connectivity index (χ3n) is 3.49. The minimum absolute atomic E-state index is 0.000381. The second-order valence-electron chi connectivity index (χ2n) is 5.30. The van der Waals surface area contributed by atoms with E-state index in [1.165, 1.54) is 6.07 Å². The highest BCUT2D eigenvalue weighted by atomic mass is 79.9. The van der Waals surface area contributed by atoms with Crippen LogP contribution >= 0.6 is 15.9 Å². The molecule has 2 rings (SSSR count). The van der Waals surface area contributed by atoms with Crippen LogP contribution in [0.15, 0.2) is 53.0 Å². The predicted molar refractivity (Wildman–Crippen MR) is 96.9 cm³/mol. The Morgan fingerprint density at radius 3 is 2.71 bits per heavy atom. The number of benzene rings is 2. The van der Waals surface area contributed by atoms with E-state index in [0.29, 0.717) is 12.2 Å². The minimum Gasteiger partial charge on any atom is -0.379 e. The van der Waals surface area contributed by atoms with Gasteiger partial charge in [-0.25, -0.2) is 0 Å². The fourth-order valence-electron chi connectivity index (χ4n) is 2.27. The van der Waals surface area contributed by atoms with Crippen LogP contribution in [0.5, 0.6) is 0 Å². The molecule has 7 heteroatoms. The van der Waals surface area contributed by atoms with Gasteiger partial charge in [0.25, 0.3) is 5.69 Å². The number of carbonyl (C=O) groups excluding carboxylic acids is 1. The third-order valence-corrected chi connectivity index (χ3v) is 3.99. The molecular formula is C17H18BrN3O3. The molecule has 126 valence electrons. The van der Waals surface area contributed by atoms with E-state index in [0.717, 1.165) is 10.0 Å². The molecule has 0 fully saturated rings. The van der Waals surface area contributed by atoms with E-state index in [9.17, 15) is 14.9 Å². The fraction of sp³-hybridized carbons (Fsp3) is 0.235. The van der Waals surface area contributed by atoms with Gasteiger partial charge in [-0.15, -0.1) is 0 Å². The average Bonchev–Trinajstić information content (AvgIpc) is 2.55. The molecule has 0 aliphatic heterocycles. The van der Waals surface area contributed by atoms with Gasteiger partial charge in [0.2, 0.25) is 5.91 Å². The summed E-state index contributed by atoms with van der Waals surface area (Å²) in [5, 5.41) is 16.8. The van der Waals surface area contributed by atoms with Gasteiger partial charge >= 0.3 is 0 Å². The lowest BCUT2D eigenvalue weighted by Gasteiger charge is -2.15. The van der Waals surface area contributed by atoms with Crippen LogP contribution in [-0.4, -0.2) is 17.4 Å². The molecule has 1 amide bonds. The Bertz CT molecular complexity index is 737. The Kier molecular flexibility index (Phi) is 6.31. The number of amides is 1. The predicted octanol–water partition coefficient (Wildman–Crippen LogP) is 4.04. The normalized spacial score (nSPS) is 11.6. The SMILES string of the molecule is CC(NC(=O)CCNc1ccccc1[N+](=O)[O-])c1cccc(Br)c1. The van der Waals surface area contributed by atoms with E-state index in [-0.39, 0.29) is 24.1 Å². The van der Waals surface area contributed by atoms with E-state index in [4.69, 9.17) is 0 Å². The molecule has 6 nitrogen and oxygen atoms in total. The van der Waals surface area contributed by atoms with E-state index >= 15 is 0 Å². The van der Waals surface area contributed by atoms with Crippen molar-refractivity contribution in [1.82, 2.24) is 5.32 Å². The second kappa shape index (κ2) is 8.44. The van der Waals surface area contributed by atoms with Crippen molar-refractivity contribution < 1.29 is 9.72 Å². The second-order valence-corrected chi connectivity index (χ2v) is 6.21. The quantitative estimate of drug-likeness (QED) is 0.550. The lowest BCUT2D eigenvalue weighted by molar-refractivity contribution is -0.384. The average molecular weight is 392 g/mol. The Balaban J connectivity index is 1.85. The molecule has 0 aromatic heterocycles. The van der Waals surface area contributed by atoms with Crippen molar-refractivity contribution in [2.45, 2.75) is 19.4 Å². The van der Waals surface area contributed by atoms with Gasteiger partial charge in [-0.1, -0.05) is 40.2 Å². The van der Waals surface area contributed by atoms with Gasteiger partial charge in [-0.2, -0.15) is 0 Å². The Morgan fingerprint density at radius 2 is 2.00 bits per heavy atom. The molecule has 0 bridgehead atoms. The van der Waals surface area contributed by atoms with Crippen LogP contribution in [0.4, 0.5) is 11.4 Å². The zero-order valence-corrected chi connectivity index (χ0v) is 14.7. The number of nitro groups is 1. The molecule has 0 spiro atoms. The van der Waals surface area contributed by atoms with Crippen molar-refractivity contribution in [2.75, 3.05) is 11.9 Å². The largest absolute Gasteiger partial charge is 0.379 e. The molecule has 0 saturated carbocycles. The summed E-state index contributed by atoms with van der Waals surface area (Å²) in [5.41, 5.74) is 1.42. The number of para-hydroxylation sites is 2. The number of anilines is 1. The zero-order valence-electron chi connectivity index (χ0n) is 13.2. The maximum absolute atomic E-state index is 12.0. The first-order valence-electron chi connectivity index (χ1n) is 7.49. The van der Waals surface area contributed by atoms with Crippen molar-refractivity contribution >= 4 is 33.2 Å². The molecule has 0 saturated heterocycles. The molecule has 2 N–H and O–H groups in total. The van der Waals surface area contributed by atoms with Crippen LogP contribution in [0.25, 0.3) is 0 Å². The van der Waals surface area contributed by atoms with Gasteiger partial charge in [-0.05, 0) is 30.7 Å². The van der Waals surface area contributed by atoms with Crippen molar-refractivity contribution in [3.05, 3.63) is 68.7 Å². The third kappa shape index (κ3) is 5.06. The van der Waals surface area contributed by atoms with Crippen molar-refractivity contribution in [2.24, 2.45) is 0 Å². The first-order valence-corrected chi connectivity index (χ1v) is 8.29. The van der Waals surface area contributed by atoms with Gasteiger partial charge in [0.1, 0.15) is 5.69 Å². The van der Waals surface area contributed by atoms with Gasteiger partial charge in [0.05, 0.1) is 11.0 Å². The maximum Gasteiger partial charge on any atom is 0.292 e. The molecule has 24 heavy (non-hydrogen) atoms. The lowest BCUT2D eigenvalue weighted by Crippen LogP contribution is -2.28. The van der Waals surface area contributed by atoms with Crippen LogP contribution in [0.3, 0.4) is 0 Å². The summed E-state index contributed by atoms with van der Waals surface area (Å²) in [7, 11) is 0. The van der Waals surface area contributed by atoms with Crippen molar-refractivity contribution in [3.63, 3.8) is 0 Å². The first-order chi connectivity index (χ1) is 11.5. The highest BCUT2D eigenvalue weighted by Gasteiger charge is 2.13. The molecule has 1 unspecified atom stereocenters. The Labute approximate surface area is 148 Å². The standard InChI is InChI=1S/C17H18BrN3O3/c1-12(13-5-4-6-14(18)11-13)20-17(22)9-10-19-15-7-2-3-8-16(15)21(23)24/h2-8,11-12,19H,9-10H2,1H3,(H,20,22). The summed E-state index contributed by atoms with van der Waals surface area (Å²) >= 11 is 3.41. The molecular weight excluding hydrogens is 374 g/mol. The van der Waals surface area contributed by atoms with E-state index < -0.39 is 4.92 Å². The van der Waals surface area contributed by atoms with E-state index in [1.54, 1.807) is 18.2 Å². The van der Waals surface area contributed by atoms with Crippen LogP contribution in [0.1, 0.15) is 24.9 Å². The van der Waals surface area contributed by atoms with E-state index in [1.807, 2.05) is 31.2 Å². The smallest absolute Gasteiger partial charge is 0.292 e. The van der Waals surface area contributed by atoms with Crippen molar-refractivity contribution in [3.8, 4) is 0 Å². The van der Waals surface area contributed by atoms with Gasteiger partial charge < -0.3 is 10.6 Å². The number of hydrogen-bond donors (Lipinski definition) is 2. The van der Waals surface area contributed by atoms with Gasteiger partial charge in [0.15, 0.2) is 0 Å². The van der Waals surface area contributed by atoms with Crippen LogP contribution in [0.2, 0.25) is 0 Å². The maximum atomic E-state index is 12.0. The Morgan fingerprint density at radius 1 is 1.25 bits per heavy atom. The van der Waals surface area contributed by atoms with Crippen molar-refractivity contribution in [1.29, 1.82) is 0 Å². The number of carbonyl (C=O) groups is 1. The number of halogens is 1. The van der Waals surface area contributed by atoms with E-state index in [2.05, 4.69) is 26.6 Å². The number of hydrogen-bond acceptors (Lipinski definition) is 4. The number of nitrogens with zero attached hydrogens (tertiary/aromatic N) is 1. The summed E-state index contributed by atoms with van der Waals surface area (Å²) in [6.45, 7) is 2.23. The zero-order chi connectivity index (χ0) is 17.5. The fourth-order valence-corrected chi connectivity index (χ4v) is 2.68. The molecule has 1 atom stereocenters. The summed E-state index contributed by atoms with van der Waals surface area (Å²) < 4.78 is 0.958. The van der Waals surface area contributed by atoms with Crippen LogP contribution in [0, 0.1) is 10.1 Å². The molecule has 0 aliphatic rings. The summed E-state index contributed by atoms with van der Waals surface area (Å²) in [5.74, 6) is -0.117. The summed E-state index contributed by atoms with van der Waals surface area (Å²) in [6.07, 6.45) is 0.227. The molecule has 2 aromatic carbocycles. The van der Waals surface area contributed by atoms with Gasteiger partial charge in [0, 0.05) is 23.5 Å². The molecule has 0 aliphatic carbocycles. The highest BCUT2D eigenvalue weighted by Crippen LogP contribution is 2.23. The molecule has 2 aromatic rings. The molecule has 0 radical (unpaired) electrons. The van der Waals surface area contributed by atoms with Crippen LogP contribution < -0.4 is 10.6 Å². The van der Waals surface area contributed by atoms with Gasteiger partial charge in [-0.3, -0.25) is 14.9 Å². The number of nitro benzene ring substituents is 1. The summed E-state index contributed by atoms with van der Waals surface area (Å²) in [4.78, 5) is 22.5. The topological polar surface area (TPSA) is 84.3 Å². The monoisotopic (exact) mass is 391 g/mol. The number of nitrogens with one attached hydrogen (secondary N) is 2. The summed E-state index contributed by atoms with van der Waals surface area (Å²) in [6, 6.07) is 14.0. The first kappa shape index (κ1) is 17.9. The molecule has 0 heterocycles. The highest BCUT2D eigenvalue weighted by molar-refractivity contribution is 9.10.